The highest BCUT2D eigenvalue weighted by Gasteiger charge is 2.22. The minimum atomic E-state index is -0.0926. The first kappa shape index (κ1) is 18.1. The van der Waals surface area contributed by atoms with Gasteiger partial charge in [-0.3, -0.25) is 4.79 Å². The van der Waals surface area contributed by atoms with E-state index in [9.17, 15) is 4.79 Å². The van der Waals surface area contributed by atoms with E-state index < -0.39 is 0 Å². The van der Waals surface area contributed by atoms with E-state index in [1.54, 1.807) is 0 Å². The second-order valence-electron chi connectivity index (χ2n) is 7.35. The number of carbonyl (C=O) groups is 1. The minimum Gasteiger partial charge on any atom is -0.469 e. The number of unbranched alkanes of at least 4 members (excludes halogenated alkanes) is 1. The molecule has 1 rings (SSSR count). The molecule has 0 spiro atoms. The Bertz CT molecular complexity index is 361. The molecule has 1 aliphatic carbocycles. The van der Waals surface area contributed by atoms with Crippen LogP contribution < -0.4 is 0 Å². The number of esters is 1. The molecule has 1 atom stereocenters. The number of methoxy groups -OCH3 is 1. The third kappa shape index (κ3) is 8.15. The molecule has 1 aliphatic rings. The molecule has 1 saturated carbocycles. The Labute approximate surface area is 131 Å². The molecule has 1 fully saturated rings. The fourth-order valence-electron chi connectivity index (χ4n) is 3.01. The van der Waals surface area contributed by atoms with Crippen LogP contribution in [0.5, 0.6) is 0 Å². The average molecular weight is 292 g/mol. The van der Waals surface area contributed by atoms with Crippen molar-refractivity contribution < 1.29 is 9.53 Å². The van der Waals surface area contributed by atoms with Gasteiger partial charge in [0.1, 0.15) is 0 Å². The summed E-state index contributed by atoms with van der Waals surface area (Å²) in [5, 5.41) is 0. The predicted molar refractivity (Wildman–Crippen MR) is 87.8 cm³/mol. The molecule has 0 bridgehead atoms. The van der Waals surface area contributed by atoms with Crippen LogP contribution in [0.25, 0.3) is 0 Å². The zero-order chi connectivity index (χ0) is 15.7. The number of ether oxygens (including phenoxy) is 1. The first-order valence-electron chi connectivity index (χ1n) is 8.52. The Morgan fingerprint density at radius 1 is 1.19 bits per heavy atom. The minimum absolute atomic E-state index is 0.0823. The van der Waals surface area contributed by atoms with Crippen molar-refractivity contribution in [3.8, 4) is 11.8 Å². The normalized spacial score (nSPS) is 17.7. The zero-order valence-corrected chi connectivity index (χ0v) is 14.3. The van der Waals surface area contributed by atoms with Gasteiger partial charge in [0.2, 0.25) is 0 Å². The smallest absolute Gasteiger partial charge is 0.305 e. The highest BCUT2D eigenvalue weighted by atomic mass is 16.5. The van der Waals surface area contributed by atoms with Gasteiger partial charge in [0.25, 0.3) is 0 Å². The third-order valence-corrected chi connectivity index (χ3v) is 4.23. The molecule has 0 heterocycles. The summed E-state index contributed by atoms with van der Waals surface area (Å²) in [6.45, 7) is 6.53. The van der Waals surface area contributed by atoms with Gasteiger partial charge in [0.15, 0.2) is 0 Å². The number of hydrogen-bond acceptors (Lipinski definition) is 2. The summed E-state index contributed by atoms with van der Waals surface area (Å²) in [6.07, 6.45) is 10.5. The molecule has 0 N–H and O–H groups in total. The van der Waals surface area contributed by atoms with Crippen molar-refractivity contribution in [3.63, 3.8) is 0 Å². The van der Waals surface area contributed by atoms with Gasteiger partial charge in [-0.25, -0.2) is 0 Å². The Kier molecular flexibility index (Phi) is 7.86. The summed E-state index contributed by atoms with van der Waals surface area (Å²) >= 11 is 0. The van der Waals surface area contributed by atoms with Gasteiger partial charge in [-0.05, 0) is 52.4 Å². The Morgan fingerprint density at radius 3 is 2.43 bits per heavy atom. The zero-order valence-electron chi connectivity index (χ0n) is 14.3. The van der Waals surface area contributed by atoms with Gasteiger partial charge < -0.3 is 4.74 Å². The van der Waals surface area contributed by atoms with Gasteiger partial charge >= 0.3 is 5.97 Å². The summed E-state index contributed by atoms with van der Waals surface area (Å²) in [5.74, 6) is 8.20. The molecular formula is C19H32O2. The SMILES string of the molecule is COC(=O)CCCCC(C#CC(C)(C)C)C1CCCCC1. The maximum atomic E-state index is 11.2. The summed E-state index contributed by atoms with van der Waals surface area (Å²) in [6, 6.07) is 0. The van der Waals surface area contributed by atoms with E-state index in [-0.39, 0.29) is 11.4 Å². The monoisotopic (exact) mass is 292 g/mol. The van der Waals surface area contributed by atoms with Crippen LogP contribution in [0.1, 0.15) is 78.6 Å². The molecule has 0 radical (unpaired) electrons. The molecule has 0 aromatic carbocycles. The Morgan fingerprint density at radius 2 is 1.86 bits per heavy atom. The van der Waals surface area contributed by atoms with E-state index in [1.165, 1.54) is 39.2 Å². The third-order valence-electron chi connectivity index (χ3n) is 4.23. The van der Waals surface area contributed by atoms with Crippen LogP contribution in [-0.2, 0) is 9.53 Å². The number of rotatable bonds is 6. The van der Waals surface area contributed by atoms with Gasteiger partial charge in [-0.1, -0.05) is 37.5 Å². The van der Waals surface area contributed by atoms with Crippen LogP contribution in [0.2, 0.25) is 0 Å². The van der Waals surface area contributed by atoms with Crippen molar-refractivity contribution in [1.29, 1.82) is 0 Å². The Hall–Kier alpha value is -0.970. The van der Waals surface area contributed by atoms with E-state index >= 15 is 0 Å². The second kappa shape index (κ2) is 9.13. The lowest BCUT2D eigenvalue weighted by Crippen LogP contribution is -2.17. The lowest BCUT2D eigenvalue weighted by Gasteiger charge is -2.27. The van der Waals surface area contributed by atoms with Crippen molar-refractivity contribution in [2.24, 2.45) is 17.3 Å². The maximum absolute atomic E-state index is 11.2. The summed E-state index contributed by atoms with van der Waals surface area (Å²) < 4.78 is 4.70. The highest BCUT2D eigenvalue weighted by molar-refractivity contribution is 5.68. The fraction of sp³-hybridized carbons (Fsp3) is 0.842. The van der Waals surface area contributed by atoms with Crippen molar-refractivity contribution in [3.05, 3.63) is 0 Å². The Balaban J connectivity index is 2.50. The van der Waals surface area contributed by atoms with E-state index in [0.29, 0.717) is 12.3 Å². The lowest BCUT2D eigenvalue weighted by atomic mass is 9.77. The molecule has 0 saturated heterocycles. The summed E-state index contributed by atoms with van der Waals surface area (Å²) in [7, 11) is 1.46. The molecule has 0 aromatic heterocycles. The molecule has 0 aliphatic heterocycles. The van der Waals surface area contributed by atoms with Crippen molar-refractivity contribution in [2.75, 3.05) is 7.11 Å². The average Bonchev–Trinajstić information content (AvgIpc) is 2.46. The van der Waals surface area contributed by atoms with E-state index in [0.717, 1.165) is 25.2 Å². The topological polar surface area (TPSA) is 26.3 Å². The quantitative estimate of drug-likeness (QED) is 0.392. The van der Waals surface area contributed by atoms with E-state index in [2.05, 4.69) is 32.6 Å². The molecular weight excluding hydrogens is 260 g/mol. The molecule has 2 nitrogen and oxygen atoms in total. The number of hydrogen-bond donors (Lipinski definition) is 0. The molecule has 1 unspecified atom stereocenters. The van der Waals surface area contributed by atoms with Crippen LogP contribution in [0.4, 0.5) is 0 Å². The van der Waals surface area contributed by atoms with E-state index in [1.807, 2.05) is 0 Å². The molecule has 0 amide bonds. The first-order valence-corrected chi connectivity index (χ1v) is 8.52. The van der Waals surface area contributed by atoms with Crippen LogP contribution >= 0.6 is 0 Å². The van der Waals surface area contributed by atoms with E-state index in [4.69, 9.17) is 4.74 Å². The number of carbonyl (C=O) groups excluding carboxylic acids is 1. The van der Waals surface area contributed by atoms with Crippen molar-refractivity contribution in [1.82, 2.24) is 0 Å². The highest BCUT2D eigenvalue weighted by Crippen LogP contribution is 2.32. The summed E-state index contributed by atoms with van der Waals surface area (Å²) in [5.41, 5.74) is 0.0823. The van der Waals surface area contributed by atoms with Gasteiger partial charge in [-0.15, -0.1) is 0 Å². The standard InChI is InChI=1S/C19H32O2/c1-19(2,3)15-14-17(16-10-6-5-7-11-16)12-8-9-13-18(20)21-4/h16-17H,5-13H2,1-4H3. The molecule has 120 valence electrons. The fourth-order valence-corrected chi connectivity index (χ4v) is 3.01. The molecule has 0 aromatic rings. The largest absolute Gasteiger partial charge is 0.469 e. The van der Waals surface area contributed by atoms with Crippen LogP contribution in [0.15, 0.2) is 0 Å². The van der Waals surface area contributed by atoms with Gasteiger partial charge in [-0.2, -0.15) is 0 Å². The first-order chi connectivity index (χ1) is 9.92. The van der Waals surface area contributed by atoms with Crippen LogP contribution in [0, 0.1) is 29.1 Å². The van der Waals surface area contributed by atoms with Crippen molar-refractivity contribution in [2.45, 2.75) is 78.6 Å². The second-order valence-corrected chi connectivity index (χ2v) is 7.35. The molecule has 2 heteroatoms. The lowest BCUT2D eigenvalue weighted by molar-refractivity contribution is -0.140. The molecule has 21 heavy (non-hydrogen) atoms. The van der Waals surface area contributed by atoms with Crippen molar-refractivity contribution >= 4 is 5.97 Å². The van der Waals surface area contributed by atoms with Crippen LogP contribution in [0.3, 0.4) is 0 Å². The van der Waals surface area contributed by atoms with Crippen LogP contribution in [-0.4, -0.2) is 13.1 Å². The van der Waals surface area contributed by atoms with Gasteiger partial charge in [0.05, 0.1) is 7.11 Å². The summed E-state index contributed by atoms with van der Waals surface area (Å²) in [4.78, 5) is 11.2. The van der Waals surface area contributed by atoms with Gasteiger partial charge in [0, 0.05) is 17.8 Å². The maximum Gasteiger partial charge on any atom is 0.305 e. The predicted octanol–water partition coefficient (Wildman–Crippen LogP) is 4.97.